The molecule has 2 N–H and O–H groups in total. The zero-order valence-corrected chi connectivity index (χ0v) is 13.3. The first-order valence-corrected chi connectivity index (χ1v) is 8.06. The number of nitrogens with one attached hydrogen (secondary N) is 2. The van der Waals surface area contributed by atoms with Crippen LogP contribution in [0.1, 0.15) is 71.9 Å². The third kappa shape index (κ3) is 2.65. The molecular weight excluding hydrogens is 296 g/mol. The molecule has 2 aromatic heterocycles. The Morgan fingerprint density at radius 2 is 2.26 bits per heavy atom. The van der Waals surface area contributed by atoms with E-state index in [9.17, 15) is 4.79 Å². The molecule has 1 fully saturated rings. The molecule has 2 atom stereocenters. The number of fused-ring (bicyclic) bond motifs is 1. The van der Waals surface area contributed by atoms with Crippen LogP contribution < -0.4 is 5.32 Å². The number of oxazole rings is 1. The van der Waals surface area contributed by atoms with Gasteiger partial charge in [-0.2, -0.15) is 5.10 Å². The van der Waals surface area contributed by atoms with E-state index in [2.05, 4.69) is 20.5 Å². The van der Waals surface area contributed by atoms with Gasteiger partial charge in [-0.05, 0) is 26.7 Å². The number of aromatic amines is 1. The maximum atomic E-state index is 12.5. The monoisotopic (exact) mass is 316 g/mol. The molecule has 1 aliphatic heterocycles. The standard InChI is InChI=1S/C16H20N4O3/c1-8-5-11-13(9(2)23-8)19-20-14(11)16(21)17-6-12-15(10-3-4-10)22-7-18-12/h7-10H,3-6H2,1-2H3,(H,17,21)(H,19,20)/t8-,9+/m1/s1. The number of hydrogen-bond donors (Lipinski definition) is 2. The molecule has 0 aromatic carbocycles. The fourth-order valence-electron chi connectivity index (χ4n) is 3.20. The van der Waals surface area contributed by atoms with Crippen molar-refractivity contribution < 1.29 is 13.9 Å². The van der Waals surface area contributed by atoms with Crippen molar-refractivity contribution in [3.63, 3.8) is 0 Å². The Balaban J connectivity index is 1.48. The molecule has 1 amide bonds. The minimum absolute atomic E-state index is 0.0696. The van der Waals surface area contributed by atoms with Gasteiger partial charge >= 0.3 is 0 Å². The van der Waals surface area contributed by atoms with Gasteiger partial charge in [0.15, 0.2) is 12.1 Å². The first-order valence-electron chi connectivity index (χ1n) is 8.06. The van der Waals surface area contributed by atoms with Crippen molar-refractivity contribution in [3.8, 4) is 0 Å². The van der Waals surface area contributed by atoms with Crippen LogP contribution in [0.25, 0.3) is 0 Å². The molecule has 1 aliphatic carbocycles. The van der Waals surface area contributed by atoms with E-state index in [-0.39, 0.29) is 18.1 Å². The third-order valence-corrected chi connectivity index (χ3v) is 4.49. The van der Waals surface area contributed by atoms with Gasteiger partial charge in [0.1, 0.15) is 11.5 Å². The number of ether oxygens (including phenoxy) is 1. The first kappa shape index (κ1) is 14.4. The van der Waals surface area contributed by atoms with Gasteiger partial charge in [-0.3, -0.25) is 9.89 Å². The van der Waals surface area contributed by atoms with Crippen LogP contribution in [0.15, 0.2) is 10.8 Å². The average Bonchev–Trinajstić information content (AvgIpc) is 3.09. The molecule has 0 radical (unpaired) electrons. The molecule has 2 aromatic rings. The summed E-state index contributed by atoms with van der Waals surface area (Å²) in [5.74, 6) is 1.19. The fraction of sp³-hybridized carbons (Fsp3) is 0.562. The number of carbonyl (C=O) groups is 1. The van der Waals surface area contributed by atoms with Crippen LogP contribution >= 0.6 is 0 Å². The summed E-state index contributed by atoms with van der Waals surface area (Å²) < 4.78 is 11.2. The summed E-state index contributed by atoms with van der Waals surface area (Å²) in [5, 5.41) is 10.0. The lowest BCUT2D eigenvalue weighted by Crippen LogP contribution is -2.27. The Morgan fingerprint density at radius 3 is 3.04 bits per heavy atom. The van der Waals surface area contributed by atoms with Crippen LogP contribution in [0.3, 0.4) is 0 Å². The number of carbonyl (C=O) groups excluding carboxylic acids is 1. The number of amides is 1. The molecule has 3 heterocycles. The van der Waals surface area contributed by atoms with Crippen molar-refractivity contribution in [1.82, 2.24) is 20.5 Å². The molecule has 0 saturated heterocycles. The number of aromatic nitrogens is 3. The van der Waals surface area contributed by atoms with E-state index in [1.54, 1.807) is 0 Å². The highest BCUT2D eigenvalue weighted by molar-refractivity contribution is 5.94. The minimum Gasteiger partial charge on any atom is -0.448 e. The van der Waals surface area contributed by atoms with Crippen molar-refractivity contribution in [3.05, 3.63) is 34.8 Å². The predicted octanol–water partition coefficient (Wildman–Crippen LogP) is 2.23. The summed E-state index contributed by atoms with van der Waals surface area (Å²) in [6, 6.07) is 0. The van der Waals surface area contributed by atoms with Gasteiger partial charge in [0.2, 0.25) is 0 Å². The second-order valence-corrected chi connectivity index (χ2v) is 6.38. The molecule has 0 bridgehead atoms. The van der Waals surface area contributed by atoms with Crippen LogP contribution in [-0.4, -0.2) is 27.2 Å². The Kier molecular flexibility index (Phi) is 3.45. The lowest BCUT2D eigenvalue weighted by molar-refractivity contribution is -0.00697. The number of rotatable bonds is 4. The van der Waals surface area contributed by atoms with Crippen molar-refractivity contribution in [2.24, 2.45) is 0 Å². The Hall–Kier alpha value is -2.15. The molecule has 0 spiro atoms. The molecule has 0 unspecified atom stereocenters. The smallest absolute Gasteiger partial charge is 0.272 e. The quantitative estimate of drug-likeness (QED) is 0.902. The molecule has 7 heteroatoms. The van der Waals surface area contributed by atoms with E-state index in [0.29, 0.717) is 24.6 Å². The highest BCUT2D eigenvalue weighted by atomic mass is 16.5. The van der Waals surface area contributed by atoms with Gasteiger partial charge in [0.05, 0.1) is 24.4 Å². The molecule has 1 saturated carbocycles. The summed E-state index contributed by atoms with van der Waals surface area (Å²) in [6.07, 6.45) is 4.43. The molecule has 2 aliphatic rings. The van der Waals surface area contributed by atoms with E-state index in [1.165, 1.54) is 6.39 Å². The molecule has 7 nitrogen and oxygen atoms in total. The summed E-state index contributed by atoms with van der Waals surface area (Å²) in [7, 11) is 0. The topological polar surface area (TPSA) is 93.0 Å². The van der Waals surface area contributed by atoms with Crippen LogP contribution in [0.4, 0.5) is 0 Å². The number of nitrogens with zero attached hydrogens (tertiary/aromatic N) is 2. The van der Waals surface area contributed by atoms with Gasteiger partial charge in [0.25, 0.3) is 5.91 Å². The van der Waals surface area contributed by atoms with Gasteiger partial charge in [-0.15, -0.1) is 0 Å². The maximum absolute atomic E-state index is 12.5. The van der Waals surface area contributed by atoms with Crippen LogP contribution in [0, 0.1) is 0 Å². The minimum atomic E-state index is -0.187. The molecule has 23 heavy (non-hydrogen) atoms. The zero-order valence-electron chi connectivity index (χ0n) is 13.3. The Bertz CT molecular complexity index is 732. The van der Waals surface area contributed by atoms with E-state index in [4.69, 9.17) is 9.15 Å². The van der Waals surface area contributed by atoms with Crippen molar-refractivity contribution in [1.29, 1.82) is 0 Å². The van der Waals surface area contributed by atoms with E-state index in [0.717, 1.165) is 35.6 Å². The maximum Gasteiger partial charge on any atom is 0.272 e. The van der Waals surface area contributed by atoms with Gasteiger partial charge in [-0.25, -0.2) is 4.98 Å². The lowest BCUT2D eigenvalue weighted by Gasteiger charge is -2.25. The van der Waals surface area contributed by atoms with E-state index in [1.807, 2.05) is 13.8 Å². The van der Waals surface area contributed by atoms with Crippen molar-refractivity contribution in [2.45, 2.75) is 57.8 Å². The second-order valence-electron chi connectivity index (χ2n) is 6.38. The molecular formula is C16H20N4O3. The van der Waals surface area contributed by atoms with E-state index < -0.39 is 0 Å². The molecule has 4 rings (SSSR count). The second kappa shape index (κ2) is 5.49. The predicted molar refractivity (Wildman–Crippen MR) is 80.9 cm³/mol. The Morgan fingerprint density at radius 1 is 1.43 bits per heavy atom. The number of H-pyrrole nitrogens is 1. The lowest BCUT2D eigenvalue weighted by atomic mass is 9.99. The van der Waals surface area contributed by atoms with E-state index >= 15 is 0 Å². The molecule has 122 valence electrons. The van der Waals surface area contributed by atoms with Crippen molar-refractivity contribution in [2.75, 3.05) is 0 Å². The normalized spacial score (nSPS) is 23.6. The van der Waals surface area contributed by atoms with Crippen molar-refractivity contribution >= 4 is 5.91 Å². The zero-order chi connectivity index (χ0) is 16.0. The first-order chi connectivity index (χ1) is 11.1. The third-order valence-electron chi connectivity index (χ3n) is 4.49. The summed E-state index contributed by atoms with van der Waals surface area (Å²) in [6.45, 7) is 4.33. The van der Waals surface area contributed by atoms with Crippen LogP contribution in [-0.2, 0) is 17.7 Å². The summed E-state index contributed by atoms with van der Waals surface area (Å²) in [4.78, 5) is 16.7. The van der Waals surface area contributed by atoms with Crippen LogP contribution in [0.5, 0.6) is 0 Å². The summed E-state index contributed by atoms with van der Waals surface area (Å²) in [5.41, 5.74) is 3.12. The SMILES string of the molecule is C[C@@H]1Cc2c(C(=O)NCc3ncoc3C3CC3)n[nH]c2[C@H](C)O1. The van der Waals surface area contributed by atoms with Gasteiger partial charge < -0.3 is 14.5 Å². The average molecular weight is 316 g/mol. The fourth-order valence-corrected chi connectivity index (χ4v) is 3.20. The highest BCUT2D eigenvalue weighted by Gasteiger charge is 2.31. The van der Waals surface area contributed by atoms with Gasteiger partial charge in [-0.1, -0.05) is 0 Å². The Labute approximate surface area is 133 Å². The van der Waals surface area contributed by atoms with Crippen LogP contribution in [0.2, 0.25) is 0 Å². The van der Waals surface area contributed by atoms with Gasteiger partial charge in [0, 0.05) is 17.9 Å². The summed E-state index contributed by atoms with van der Waals surface area (Å²) >= 11 is 0. The highest BCUT2D eigenvalue weighted by Crippen LogP contribution is 2.41. The largest absolute Gasteiger partial charge is 0.448 e. The number of hydrogen-bond acceptors (Lipinski definition) is 5.